The summed E-state index contributed by atoms with van der Waals surface area (Å²) in [7, 11) is 0. The summed E-state index contributed by atoms with van der Waals surface area (Å²) in [5.74, 6) is 0.0881. The van der Waals surface area contributed by atoms with Crippen LogP contribution >= 0.6 is 0 Å². The summed E-state index contributed by atoms with van der Waals surface area (Å²) >= 11 is 0. The van der Waals surface area contributed by atoms with Gasteiger partial charge in [0.2, 0.25) is 5.91 Å². The van der Waals surface area contributed by atoms with Crippen LogP contribution in [0.1, 0.15) is 45.4 Å². The van der Waals surface area contributed by atoms with E-state index in [0.717, 1.165) is 23.6 Å². The molecule has 0 atom stereocenters. The summed E-state index contributed by atoms with van der Waals surface area (Å²) < 4.78 is 0. The zero-order valence-electron chi connectivity index (χ0n) is 12.6. The molecule has 0 fully saturated rings. The number of unbranched alkanes of at least 4 members (excludes halogenated alkanes) is 4. The van der Waals surface area contributed by atoms with E-state index in [0.29, 0.717) is 12.1 Å². The first kappa shape index (κ1) is 15.4. The standard InChI is InChI=1S/C18H23NO2/c1-2-3-4-5-6-11-18(21)19-16-12-14-9-7-8-10-15(14)13-17(16)20/h7-10,12-13,20H,2-6,11H2,1H3,(H,19,21). The van der Waals surface area contributed by atoms with E-state index in [-0.39, 0.29) is 11.7 Å². The quantitative estimate of drug-likeness (QED) is 0.564. The van der Waals surface area contributed by atoms with Crippen LogP contribution in [0.4, 0.5) is 5.69 Å². The SMILES string of the molecule is CCCCCCCC(=O)Nc1cc2ccccc2cc1O. The number of anilines is 1. The Kier molecular flexibility index (Phi) is 5.61. The van der Waals surface area contributed by atoms with E-state index in [1.165, 1.54) is 19.3 Å². The first-order chi connectivity index (χ1) is 10.2. The van der Waals surface area contributed by atoms with E-state index >= 15 is 0 Å². The van der Waals surface area contributed by atoms with Gasteiger partial charge >= 0.3 is 0 Å². The average Bonchev–Trinajstić information content (AvgIpc) is 2.48. The first-order valence-electron chi connectivity index (χ1n) is 7.72. The molecule has 2 N–H and O–H groups in total. The highest BCUT2D eigenvalue weighted by Crippen LogP contribution is 2.29. The van der Waals surface area contributed by atoms with Gasteiger partial charge in [0.1, 0.15) is 5.75 Å². The van der Waals surface area contributed by atoms with Crippen LogP contribution in [0, 0.1) is 0 Å². The first-order valence-corrected chi connectivity index (χ1v) is 7.72. The molecule has 0 aliphatic rings. The van der Waals surface area contributed by atoms with Gasteiger partial charge in [0, 0.05) is 6.42 Å². The van der Waals surface area contributed by atoms with E-state index in [9.17, 15) is 9.90 Å². The number of phenols is 1. The fraction of sp³-hybridized carbons (Fsp3) is 0.389. The minimum Gasteiger partial charge on any atom is -0.506 e. The van der Waals surface area contributed by atoms with Crippen molar-refractivity contribution in [3.8, 4) is 5.75 Å². The summed E-state index contributed by atoms with van der Waals surface area (Å²) in [6.07, 6.45) is 6.12. The highest BCUT2D eigenvalue weighted by Gasteiger charge is 2.07. The number of amides is 1. The second-order valence-electron chi connectivity index (χ2n) is 5.43. The van der Waals surface area contributed by atoms with Crippen LogP contribution in [0.2, 0.25) is 0 Å². The molecule has 0 aliphatic carbocycles. The largest absolute Gasteiger partial charge is 0.506 e. The van der Waals surface area contributed by atoms with Gasteiger partial charge in [-0.1, -0.05) is 56.9 Å². The number of aromatic hydroxyl groups is 1. The van der Waals surface area contributed by atoms with Crippen molar-refractivity contribution in [3.63, 3.8) is 0 Å². The maximum absolute atomic E-state index is 11.9. The third kappa shape index (κ3) is 4.48. The molecule has 0 heterocycles. The van der Waals surface area contributed by atoms with E-state index in [4.69, 9.17) is 0 Å². The molecule has 0 unspecified atom stereocenters. The van der Waals surface area contributed by atoms with Gasteiger partial charge in [0.15, 0.2) is 0 Å². The summed E-state index contributed by atoms with van der Waals surface area (Å²) in [5.41, 5.74) is 0.493. The van der Waals surface area contributed by atoms with Crippen LogP contribution < -0.4 is 5.32 Å². The molecule has 0 spiro atoms. The Hall–Kier alpha value is -2.03. The number of carbonyl (C=O) groups excluding carboxylic acids is 1. The zero-order chi connectivity index (χ0) is 15.1. The lowest BCUT2D eigenvalue weighted by molar-refractivity contribution is -0.116. The van der Waals surface area contributed by atoms with Crippen LogP contribution in [0.3, 0.4) is 0 Å². The van der Waals surface area contributed by atoms with Gasteiger partial charge in [-0.3, -0.25) is 4.79 Å². The smallest absolute Gasteiger partial charge is 0.224 e. The highest BCUT2D eigenvalue weighted by atomic mass is 16.3. The fourth-order valence-electron chi connectivity index (χ4n) is 2.43. The lowest BCUT2D eigenvalue weighted by Crippen LogP contribution is -2.11. The monoisotopic (exact) mass is 285 g/mol. The molecule has 0 saturated carbocycles. The van der Waals surface area contributed by atoms with E-state index < -0.39 is 0 Å². The van der Waals surface area contributed by atoms with Crippen molar-refractivity contribution < 1.29 is 9.90 Å². The highest BCUT2D eigenvalue weighted by molar-refractivity contribution is 5.96. The number of fused-ring (bicyclic) bond motifs is 1. The molecule has 0 aliphatic heterocycles. The molecule has 112 valence electrons. The number of benzene rings is 2. The predicted octanol–water partition coefficient (Wildman–Crippen LogP) is 4.84. The Morgan fingerprint density at radius 2 is 1.71 bits per heavy atom. The maximum Gasteiger partial charge on any atom is 0.224 e. The lowest BCUT2D eigenvalue weighted by Gasteiger charge is -2.09. The molecule has 2 aromatic rings. The molecule has 0 saturated heterocycles. The van der Waals surface area contributed by atoms with Crippen LogP contribution in [-0.2, 0) is 4.79 Å². The van der Waals surface area contributed by atoms with Gasteiger partial charge in [-0.15, -0.1) is 0 Å². The molecule has 0 radical (unpaired) electrons. The minimum absolute atomic E-state index is 0.0305. The van der Waals surface area contributed by atoms with Gasteiger partial charge in [-0.05, 0) is 29.3 Å². The minimum atomic E-state index is -0.0305. The van der Waals surface area contributed by atoms with Crippen LogP contribution in [-0.4, -0.2) is 11.0 Å². The van der Waals surface area contributed by atoms with Crippen molar-refractivity contribution in [2.45, 2.75) is 45.4 Å². The van der Waals surface area contributed by atoms with Crippen molar-refractivity contribution >= 4 is 22.4 Å². The average molecular weight is 285 g/mol. The van der Waals surface area contributed by atoms with Crippen molar-refractivity contribution in [3.05, 3.63) is 36.4 Å². The number of hydrogen-bond donors (Lipinski definition) is 2. The predicted molar refractivity (Wildman–Crippen MR) is 87.6 cm³/mol. The third-order valence-electron chi connectivity index (χ3n) is 3.65. The number of phenolic OH excluding ortho intramolecular Hbond substituents is 1. The molecule has 3 heteroatoms. The van der Waals surface area contributed by atoms with Crippen molar-refractivity contribution in [1.82, 2.24) is 0 Å². The summed E-state index contributed by atoms with van der Waals surface area (Å²) in [6.45, 7) is 2.18. The van der Waals surface area contributed by atoms with Crippen molar-refractivity contribution in [2.24, 2.45) is 0 Å². The van der Waals surface area contributed by atoms with Gasteiger partial charge in [-0.25, -0.2) is 0 Å². The number of carbonyl (C=O) groups is 1. The lowest BCUT2D eigenvalue weighted by atomic mass is 10.1. The topological polar surface area (TPSA) is 49.3 Å². The van der Waals surface area contributed by atoms with Gasteiger partial charge in [-0.2, -0.15) is 0 Å². The van der Waals surface area contributed by atoms with Gasteiger partial charge < -0.3 is 10.4 Å². The molecule has 0 aromatic heterocycles. The molecular weight excluding hydrogens is 262 g/mol. The van der Waals surface area contributed by atoms with E-state index in [1.807, 2.05) is 30.3 Å². The van der Waals surface area contributed by atoms with E-state index in [2.05, 4.69) is 12.2 Å². The van der Waals surface area contributed by atoms with Crippen molar-refractivity contribution in [1.29, 1.82) is 0 Å². The number of nitrogens with one attached hydrogen (secondary N) is 1. The molecular formula is C18H23NO2. The summed E-state index contributed by atoms with van der Waals surface area (Å²) in [4.78, 5) is 11.9. The van der Waals surface area contributed by atoms with Gasteiger partial charge in [0.05, 0.1) is 5.69 Å². The Morgan fingerprint density at radius 3 is 2.43 bits per heavy atom. The molecule has 2 rings (SSSR count). The molecule has 0 bridgehead atoms. The molecule has 3 nitrogen and oxygen atoms in total. The fourth-order valence-corrected chi connectivity index (χ4v) is 2.43. The van der Waals surface area contributed by atoms with Gasteiger partial charge in [0.25, 0.3) is 0 Å². The Morgan fingerprint density at radius 1 is 1.05 bits per heavy atom. The van der Waals surface area contributed by atoms with Crippen LogP contribution in [0.15, 0.2) is 36.4 Å². The van der Waals surface area contributed by atoms with E-state index in [1.54, 1.807) is 6.07 Å². The summed E-state index contributed by atoms with van der Waals surface area (Å²) in [6, 6.07) is 11.3. The second kappa shape index (κ2) is 7.67. The molecule has 21 heavy (non-hydrogen) atoms. The maximum atomic E-state index is 11.9. The normalized spacial score (nSPS) is 10.7. The molecule has 2 aromatic carbocycles. The van der Waals surface area contributed by atoms with Crippen LogP contribution in [0.5, 0.6) is 5.75 Å². The third-order valence-corrected chi connectivity index (χ3v) is 3.65. The second-order valence-corrected chi connectivity index (χ2v) is 5.43. The Bertz CT molecular complexity index is 607. The van der Waals surface area contributed by atoms with Crippen LogP contribution in [0.25, 0.3) is 10.8 Å². The Labute approximate surface area is 126 Å². The van der Waals surface area contributed by atoms with Crippen molar-refractivity contribution in [2.75, 3.05) is 5.32 Å². The number of rotatable bonds is 7. The Balaban J connectivity index is 1.93. The zero-order valence-corrected chi connectivity index (χ0v) is 12.6. The summed E-state index contributed by atoms with van der Waals surface area (Å²) in [5, 5.41) is 14.8. The molecule has 1 amide bonds. The number of hydrogen-bond acceptors (Lipinski definition) is 2.